The Morgan fingerprint density at radius 3 is 2.79 bits per heavy atom. The minimum absolute atomic E-state index is 0.474. The van der Waals surface area contributed by atoms with Crippen molar-refractivity contribution in [2.24, 2.45) is 0 Å². The Balaban J connectivity index is 2.12. The number of pyridine rings is 1. The Morgan fingerprint density at radius 2 is 2.16 bits per heavy atom. The van der Waals surface area contributed by atoms with E-state index < -0.39 is 0 Å². The largest absolute Gasteiger partial charge is 0.397 e. The van der Waals surface area contributed by atoms with Crippen LogP contribution in [0.2, 0.25) is 0 Å². The third-order valence-corrected chi connectivity index (χ3v) is 4.00. The molecule has 1 fully saturated rings. The Morgan fingerprint density at radius 1 is 1.37 bits per heavy atom. The van der Waals surface area contributed by atoms with Gasteiger partial charge >= 0.3 is 0 Å². The van der Waals surface area contributed by atoms with Crippen LogP contribution in [0.4, 0.5) is 11.5 Å². The molecule has 96 valence electrons. The number of nitrogens with two attached hydrogens (primary N) is 1. The van der Waals surface area contributed by atoms with Crippen molar-refractivity contribution in [1.82, 2.24) is 9.97 Å². The zero-order valence-corrected chi connectivity index (χ0v) is 11.2. The summed E-state index contributed by atoms with van der Waals surface area (Å²) in [5.74, 6) is 0.699. The van der Waals surface area contributed by atoms with Crippen LogP contribution >= 0.6 is 11.3 Å². The third-order valence-electron chi connectivity index (χ3n) is 3.20. The maximum atomic E-state index is 9.27. The van der Waals surface area contributed by atoms with Crippen LogP contribution in [-0.2, 0) is 0 Å². The first kappa shape index (κ1) is 11.9. The average molecular weight is 271 g/mol. The molecule has 2 N–H and O–H groups in total. The predicted octanol–water partition coefficient (Wildman–Crippen LogP) is 2.26. The van der Waals surface area contributed by atoms with E-state index in [4.69, 9.17) is 5.73 Å². The van der Waals surface area contributed by atoms with E-state index in [1.54, 1.807) is 12.3 Å². The van der Waals surface area contributed by atoms with Gasteiger partial charge in [-0.3, -0.25) is 0 Å². The molecule has 0 saturated carbocycles. The number of hydrogen-bond donors (Lipinski definition) is 1. The Bertz CT molecular complexity index is 623. The number of hydrogen-bond acceptors (Lipinski definition) is 6. The lowest BCUT2D eigenvalue weighted by Gasteiger charge is -2.19. The SMILES string of the molecule is N#Cc1c(N)cc(-c2nccs2)nc1N1CCCC1. The summed E-state index contributed by atoms with van der Waals surface area (Å²) in [7, 11) is 0. The number of nitrogen functional groups attached to an aromatic ring is 1. The first-order chi connectivity index (χ1) is 9.29. The first-order valence-corrected chi connectivity index (χ1v) is 7.03. The molecule has 0 aromatic carbocycles. The summed E-state index contributed by atoms with van der Waals surface area (Å²) in [4.78, 5) is 11.0. The summed E-state index contributed by atoms with van der Waals surface area (Å²) in [6, 6.07) is 3.90. The van der Waals surface area contributed by atoms with Crippen molar-refractivity contribution in [2.45, 2.75) is 12.8 Å². The fraction of sp³-hybridized carbons (Fsp3) is 0.308. The fourth-order valence-electron chi connectivity index (χ4n) is 2.28. The standard InChI is InChI=1S/C13H13N5S/c14-8-9-10(15)7-11(13-16-3-6-19-13)17-12(9)18-4-1-2-5-18/h3,6-7H,1-2,4-5H2,(H2,15,17). The van der Waals surface area contributed by atoms with Gasteiger partial charge in [-0.15, -0.1) is 11.3 Å². The maximum Gasteiger partial charge on any atom is 0.149 e. The highest BCUT2D eigenvalue weighted by Crippen LogP contribution is 2.31. The van der Waals surface area contributed by atoms with E-state index in [0.717, 1.165) is 36.6 Å². The van der Waals surface area contributed by atoms with Crippen LogP contribution < -0.4 is 10.6 Å². The van der Waals surface area contributed by atoms with Crippen molar-refractivity contribution in [2.75, 3.05) is 23.7 Å². The van der Waals surface area contributed by atoms with Gasteiger partial charge in [0, 0.05) is 24.7 Å². The Labute approximate surface area is 115 Å². The molecule has 1 aliphatic heterocycles. The first-order valence-electron chi connectivity index (χ1n) is 6.15. The molecular formula is C13H13N5S. The fourth-order valence-corrected chi connectivity index (χ4v) is 2.88. The highest BCUT2D eigenvalue weighted by Gasteiger charge is 2.21. The van der Waals surface area contributed by atoms with Crippen LogP contribution in [0.1, 0.15) is 18.4 Å². The second-order valence-corrected chi connectivity index (χ2v) is 5.33. The summed E-state index contributed by atoms with van der Waals surface area (Å²) in [5, 5.41) is 12.0. The normalized spacial score (nSPS) is 14.6. The van der Waals surface area contributed by atoms with Crippen LogP contribution in [0.25, 0.3) is 10.7 Å². The minimum Gasteiger partial charge on any atom is -0.397 e. The maximum absolute atomic E-state index is 9.27. The third kappa shape index (κ3) is 2.13. The number of aromatic nitrogens is 2. The second kappa shape index (κ2) is 4.86. The van der Waals surface area contributed by atoms with Crippen molar-refractivity contribution < 1.29 is 0 Å². The average Bonchev–Trinajstić information content (AvgIpc) is 3.11. The van der Waals surface area contributed by atoms with E-state index in [2.05, 4.69) is 20.9 Å². The van der Waals surface area contributed by atoms with Crippen molar-refractivity contribution in [1.29, 1.82) is 5.26 Å². The molecule has 0 unspecified atom stereocenters. The smallest absolute Gasteiger partial charge is 0.149 e. The molecule has 0 bridgehead atoms. The van der Waals surface area contributed by atoms with Crippen molar-refractivity contribution >= 4 is 22.8 Å². The molecule has 2 aromatic heterocycles. The quantitative estimate of drug-likeness (QED) is 0.906. The van der Waals surface area contributed by atoms with Gasteiger partial charge < -0.3 is 10.6 Å². The van der Waals surface area contributed by atoms with Crippen LogP contribution in [0.3, 0.4) is 0 Å². The highest BCUT2D eigenvalue weighted by atomic mass is 32.1. The molecule has 3 heterocycles. The number of nitrogens with zero attached hydrogens (tertiary/aromatic N) is 4. The predicted molar refractivity (Wildman–Crippen MR) is 75.9 cm³/mol. The zero-order valence-electron chi connectivity index (χ0n) is 10.3. The molecule has 0 atom stereocenters. The molecule has 5 nitrogen and oxygen atoms in total. The van der Waals surface area contributed by atoms with E-state index in [1.165, 1.54) is 11.3 Å². The molecular weight excluding hydrogens is 258 g/mol. The molecule has 0 spiro atoms. The number of nitriles is 1. The van der Waals surface area contributed by atoms with Crippen molar-refractivity contribution in [3.05, 3.63) is 23.2 Å². The van der Waals surface area contributed by atoms with Crippen molar-refractivity contribution in [3.8, 4) is 16.8 Å². The van der Waals surface area contributed by atoms with Crippen LogP contribution in [0.15, 0.2) is 17.6 Å². The summed E-state index contributed by atoms with van der Waals surface area (Å²) in [5.41, 5.74) is 7.69. The van der Waals surface area contributed by atoms with Crippen LogP contribution in [-0.4, -0.2) is 23.1 Å². The zero-order chi connectivity index (χ0) is 13.2. The molecule has 1 aliphatic rings. The second-order valence-electron chi connectivity index (χ2n) is 4.44. The monoisotopic (exact) mass is 271 g/mol. The summed E-state index contributed by atoms with van der Waals surface area (Å²) < 4.78 is 0. The lowest BCUT2D eigenvalue weighted by Crippen LogP contribution is -2.21. The van der Waals surface area contributed by atoms with E-state index >= 15 is 0 Å². The summed E-state index contributed by atoms with van der Waals surface area (Å²) in [6.07, 6.45) is 4.01. The van der Waals surface area contributed by atoms with E-state index in [9.17, 15) is 5.26 Å². The molecule has 0 amide bonds. The van der Waals surface area contributed by atoms with Gasteiger partial charge in [-0.05, 0) is 18.9 Å². The molecule has 1 saturated heterocycles. The molecule has 6 heteroatoms. The topological polar surface area (TPSA) is 78.8 Å². The van der Waals surface area contributed by atoms with Gasteiger partial charge in [-0.2, -0.15) is 5.26 Å². The van der Waals surface area contributed by atoms with Gasteiger partial charge in [-0.1, -0.05) is 0 Å². The highest BCUT2D eigenvalue weighted by molar-refractivity contribution is 7.13. The lowest BCUT2D eigenvalue weighted by atomic mass is 10.2. The van der Waals surface area contributed by atoms with Crippen LogP contribution in [0, 0.1) is 11.3 Å². The minimum atomic E-state index is 0.474. The van der Waals surface area contributed by atoms with E-state index in [1.807, 2.05) is 5.38 Å². The number of thiazole rings is 1. The van der Waals surface area contributed by atoms with E-state index in [-0.39, 0.29) is 0 Å². The van der Waals surface area contributed by atoms with E-state index in [0.29, 0.717) is 17.1 Å². The van der Waals surface area contributed by atoms with Gasteiger partial charge in [0.15, 0.2) is 0 Å². The van der Waals surface area contributed by atoms with Crippen LogP contribution in [0.5, 0.6) is 0 Å². The Hall–Kier alpha value is -2.13. The number of anilines is 2. The Kier molecular flexibility index (Phi) is 3.05. The lowest BCUT2D eigenvalue weighted by molar-refractivity contribution is 0.936. The van der Waals surface area contributed by atoms with Gasteiger partial charge in [0.05, 0.1) is 5.69 Å². The molecule has 0 aliphatic carbocycles. The molecule has 3 rings (SSSR count). The summed E-state index contributed by atoms with van der Waals surface area (Å²) in [6.45, 7) is 1.87. The summed E-state index contributed by atoms with van der Waals surface area (Å²) >= 11 is 1.52. The molecule has 19 heavy (non-hydrogen) atoms. The van der Waals surface area contributed by atoms with Gasteiger partial charge in [-0.25, -0.2) is 9.97 Å². The molecule has 0 radical (unpaired) electrons. The van der Waals surface area contributed by atoms with Gasteiger partial charge in [0.2, 0.25) is 0 Å². The van der Waals surface area contributed by atoms with Crippen molar-refractivity contribution in [3.63, 3.8) is 0 Å². The number of rotatable bonds is 2. The van der Waals surface area contributed by atoms with Gasteiger partial charge in [0.25, 0.3) is 0 Å². The molecule has 2 aromatic rings. The van der Waals surface area contributed by atoms with Gasteiger partial charge in [0.1, 0.15) is 28.2 Å².